The molecule has 0 spiro atoms. The zero-order valence-corrected chi connectivity index (χ0v) is 8.54. The van der Waals surface area contributed by atoms with Gasteiger partial charge in [-0.2, -0.15) is 0 Å². The second kappa shape index (κ2) is 4.43. The van der Waals surface area contributed by atoms with Crippen molar-refractivity contribution in [3.8, 4) is 0 Å². The van der Waals surface area contributed by atoms with E-state index in [1.54, 1.807) is 0 Å². The molecule has 2 heterocycles. The van der Waals surface area contributed by atoms with Gasteiger partial charge >= 0.3 is 0 Å². The third-order valence-corrected chi connectivity index (χ3v) is 3.40. The first-order chi connectivity index (χ1) is 6.36. The van der Waals surface area contributed by atoms with Crippen molar-refractivity contribution < 1.29 is 4.74 Å². The van der Waals surface area contributed by atoms with Crippen molar-refractivity contribution in [2.45, 2.75) is 31.7 Å². The van der Waals surface area contributed by atoms with Crippen LogP contribution in [0.1, 0.15) is 25.7 Å². The monoisotopic (exact) mass is 182 g/mol. The molecule has 0 aromatic heterocycles. The molecule has 13 heavy (non-hydrogen) atoms. The van der Waals surface area contributed by atoms with Crippen molar-refractivity contribution in [3.63, 3.8) is 0 Å². The second-order valence-electron chi connectivity index (χ2n) is 4.36. The first-order valence-corrected chi connectivity index (χ1v) is 5.47. The fourth-order valence-corrected chi connectivity index (χ4v) is 2.42. The number of ether oxygens (including phenoxy) is 1. The molecule has 0 aromatic carbocycles. The highest BCUT2D eigenvalue weighted by Crippen LogP contribution is 2.26. The summed E-state index contributed by atoms with van der Waals surface area (Å²) in [5.74, 6) is 0.913. The van der Waals surface area contributed by atoms with Gasteiger partial charge in [0.25, 0.3) is 0 Å². The second-order valence-corrected chi connectivity index (χ2v) is 4.36. The van der Waals surface area contributed by atoms with Crippen LogP contribution < -0.4 is 0 Å². The van der Waals surface area contributed by atoms with Crippen molar-refractivity contribution in [1.82, 2.24) is 4.90 Å². The third kappa shape index (κ3) is 2.44. The maximum atomic E-state index is 5.37. The van der Waals surface area contributed by atoms with E-state index < -0.39 is 0 Å². The van der Waals surface area contributed by atoms with Crippen molar-refractivity contribution in [2.75, 3.05) is 26.8 Å². The molecule has 2 nitrogen and oxygen atoms in total. The van der Waals surface area contributed by atoms with Crippen molar-refractivity contribution in [3.05, 3.63) is 6.42 Å². The van der Waals surface area contributed by atoms with E-state index in [4.69, 9.17) is 4.74 Å². The van der Waals surface area contributed by atoms with Crippen LogP contribution in [0.25, 0.3) is 0 Å². The minimum atomic E-state index is 0.753. The van der Waals surface area contributed by atoms with Crippen molar-refractivity contribution in [2.24, 2.45) is 5.92 Å². The average Bonchev–Trinajstić information content (AvgIpc) is 2.54. The lowest BCUT2D eigenvalue weighted by atomic mass is 9.92. The molecule has 2 rings (SSSR count). The van der Waals surface area contributed by atoms with Crippen LogP contribution in [0.2, 0.25) is 0 Å². The number of likely N-dealkylation sites (tertiary alicyclic amines) is 1. The summed E-state index contributed by atoms with van der Waals surface area (Å²) in [5.41, 5.74) is 0. The summed E-state index contributed by atoms with van der Waals surface area (Å²) in [5, 5.41) is 0. The molecular formula is C11H20NO. The lowest BCUT2D eigenvalue weighted by molar-refractivity contribution is 0.0581. The van der Waals surface area contributed by atoms with Crippen LogP contribution in [0, 0.1) is 12.3 Å². The topological polar surface area (TPSA) is 12.5 Å². The maximum Gasteiger partial charge on any atom is 0.0468 e. The van der Waals surface area contributed by atoms with Gasteiger partial charge in [0.05, 0.1) is 0 Å². The summed E-state index contributed by atoms with van der Waals surface area (Å²) in [6, 6.07) is 0.753. The van der Waals surface area contributed by atoms with Gasteiger partial charge < -0.3 is 9.64 Å². The Balaban J connectivity index is 1.75. The highest BCUT2D eigenvalue weighted by atomic mass is 16.5. The predicted molar refractivity (Wildman–Crippen MR) is 53.5 cm³/mol. The molecule has 1 unspecified atom stereocenters. The van der Waals surface area contributed by atoms with Crippen LogP contribution in [-0.4, -0.2) is 37.7 Å². The van der Waals surface area contributed by atoms with Crippen LogP contribution in [0.5, 0.6) is 0 Å². The molecule has 2 saturated heterocycles. The number of nitrogens with zero attached hydrogens (tertiary/aromatic N) is 1. The molecule has 0 aromatic rings. The van der Waals surface area contributed by atoms with Crippen LogP contribution in [0.4, 0.5) is 0 Å². The van der Waals surface area contributed by atoms with E-state index in [2.05, 4.69) is 18.4 Å². The molecular weight excluding hydrogens is 162 g/mol. The Bertz CT molecular complexity index is 154. The number of hydrogen-bond donors (Lipinski definition) is 0. The fraction of sp³-hybridized carbons (Fsp3) is 0.909. The van der Waals surface area contributed by atoms with E-state index in [1.807, 2.05) is 0 Å². The van der Waals surface area contributed by atoms with Crippen LogP contribution in [0.3, 0.4) is 0 Å². The predicted octanol–water partition coefficient (Wildman–Crippen LogP) is 1.71. The largest absolute Gasteiger partial charge is 0.381 e. The Hall–Kier alpha value is -0.0800. The Morgan fingerprint density at radius 3 is 2.77 bits per heavy atom. The van der Waals surface area contributed by atoms with E-state index in [0.717, 1.165) is 25.2 Å². The minimum absolute atomic E-state index is 0.753. The van der Waals surface area contributed by atoms with Crippen LogP contribution >= 0.6 is 0 Å². The highest BCUT2D eigenvalue weighted by molar-refractivity contribution is 4.92. The standard InChI is InChI=1S/C11H20NO/c1-12-6-2-3-11(12)9-10-4-7-13-8-5-10/h3,10-11H,2,4-9H2,1H3. The Morgan fingerprint density at radius 1 is 1.38 bits per heavy atom. The molecule has 0 bridgehead atoms. The summed E-state index contributed by atoms with van der Waals surface area (Å²) in [6.45, 7) is 3.23. The van der Waals surface area contributed by atoms with Gasteiger partial charge in [-0.15, -0.1) is 0 Å². The number of hydrogen-bond acceptors (Lipinski definition) is 2. The van der Waals surface area contributed by atoms with Crippen molar-refractivity contribution in [1.29, 1.82) is 0 Å². The quantitative estimate of drug-likeness (QED) is 0.644. The molecule has 2 heteroatoms. The molecule has 2 fully saturated rings. The summed E-state index contributed by atoms with van der Waals surface area (Å²) in [6.07, 6.45) is 7.68. The highest BCUT2D eigenvalue weighted by Gasteiger charge is 2.25. The molecule has 75 valence electrons. The van der Waals surface area contributed by atoms with Gasteiger partial charge in [0.15, 0.2) is 0 Å². The van der Waals surface area contributed by atoms with Crippen molar-refractivity contribution >= 4 is 0 Å². The first-order valence-electron chi connectivity index (χ1n) is 5.47. The molecule has 1 radical (unpaired) electrons. The van der Waals surface area contributed by atoms with Gasteiger partial charge in [0, 0.05) is 19.3 Å². The van der Waals surface area contributed by atoms with E-state index in [-0.39, 0.29) is 0 Å². The van der Waals surface area contributed by atoms with Gasteiger partial charge in [0.2, 0.25) is 0 Å². The Labute approximate surface area is 81.3 Å². The van der Waals surface area contributed by atoms with Gasteiger partial charge in [-0.1, -0.05) is 0 Å². The normalized spacial score (nSPS) is 32.5. The summed E-state index contributed by atoms with van der Waals surface area (Å²) >= 11 is 0. The van der Waals surface area contributed by atoms with Crippen LogP contribution in [0.15, 0.2) is 0 Å². The smallest absolute Gasteiger partial charge is 0.0468 e. The molecule has 2 aliphatic rings. The van der Waals surface area contributed by atoms with Gasteiger partial charge in [-0.25, -0.2) is 0 Å². The van der Waals surface area contributed by atoms with Gasteiger partial charge in [-0.3, -0.25) is 0 Å². The molecule has 2 aliphatic heterocycles. The zero-order chi connectivity index (χ0) is 9.10. The molecule has 0 amide bonds. The number of rotatable bonds is 2. The van der Waals surface area contributed by atoms with Gasteiger partial charge in [-0.05, 0) is 51.6 Å². The lowest BCUT2D eigenvalue weighted by Gasteiger charge is -2.27. The summed E-state index contributed by atoms with van der Waals surface area (Å²) in [7, 11) is 2.24. The molecule has 0 saturated carbocycles. The van der Waals surface area contributed by atoms with Gasteiger partial charge in [0.1, 0.15) is 0 Å². The minimum Gasteiger partial charge on any atom is -0.381 e. The Morgan fingerprint density at radius 2 is 2.15 bits per heavy atom. The Kier molecular flexibility index (Phi) is 3.23. The summed E-state index contributed by atoms with van der Waals surface area (Å²) < 4.78 is 5.37. The lowest BCUT2D eigenvalue weighted by Crippen LogP contribution is -2.29. The van der Waals surface area contributed by atoms with E-state index in [9.17, 15) is 0 Å². The summed E-state index contributed by atoms with van der Waals surface area (Å²) in [4.78, 5) is 2.48. The maximum absolute atomic E-state index is 5.37. The van der Waals surface area contributed by atoms with E-state index in [0.29, 0.717) is 0 Å². The molecule has 0 aliphatic carbocycles. The first kappa shape index (κ1) is 9.47. The fourth-order valence-electron chi connectivity index (χ4n) is 2.42. The zero-order valence-electron chi connectivity index (χ0n) is 8.54. The molecule has 0 N–H and O–H groups in total. The third-order valence-electron chi connectivity index (χ3n) is 3.40. The van der Waals surface area contributed by atoms with Crippen LogP contribution in [-0.2, 0) is 4.74 Å². The SMILES string of the molecule is CN1CC[CH]C1CC1CCOCC1. The van der Waals surface area contributed by atoms with E-state index in [1.165, 1.54) is 32.2 Å². The average molecular weight is 182 g/mol. The van der Waals surface area contributed by atoms with E-state index >= 15 is 0 Å². The molecule has 1 atom stereocenters.